The quantitative estimate of drug-likeness (QED) is 0.225. The maximum absolute atomic E-state index is 13.4. The van der Waals surface area contributed by atoms with Gasteiger partial charge in [0.15, 0.2) is 0 Å². The maximum Gasteiger partial charge on any atom is 0.225 e. The van der Waals surface area contributed by atoms with Gasteiger partial charge in [0, 0.05) is 40.3 Å². The summed E-state index contributed by atoms with van der Waals surface area (Å²) in [6, 6.07) is 19.7. The largest absolute Gasteiger partial charge is 0.339 e. The minimum absolute atomic E-state index is 0.0222. The van der Waals surface area contributed by atoms with E-state index in [1.807, 2.05) is 54.8 Å². The number of hydrogen-bond acceptors (Lipinski definition) is 5. The highest BCUT2D eigenvalue weighted by Gasteiger charge is 2.07. The Morgan fingerprint density at radius 3 is 2.71 bits per heavy atom. The molecular formula is C30H26ClFN4OS. The van der Waals surface area contributed by atoms with E-state index in [1.165, 1.54) is 12.4 Å². The minimum atomic E-state index is -0.238. The van der Waals surface area contributed by atoms with Gasteiger partial charge in [-0.15, -0.1) is 0 Å². The second-order valence-corrected chi connectivity index (χ2v) is 9.86. The molecule has 0 saturated heterocycles. The van der Waals surface area contributed by atoms with Crippen LogP contribution in [0.5, 0.6) is 0 Å². The Bertz CT molecular complexity index is 1480. The zero-order chi connectivity index (χ0) is 26.7. The molecular weight excluding hydrogens is 519 g/mol. The number of aromatic nitrogens is 2. The summed E-state index contributed by atoms with van der Waals surface area (Å²) >= 11 is 8.18. The van der Waals surface area contributed by atoms with Gasteiger partial charge in [-0.25, -0.2) is 14.4 Å². The first-order chi connectivity index (χ1) is 18.5. The third kappa shape index (κ3) is 8.07. The predicted molar refractivity (Wildman–Crippen MR) is 155 cm³/mol. The van der Waals surface area contributed by atoms with Crippen molar-refractivity contribution in [2.45, 2.75) is 19.3 Å². The molecule has 5 nitrogen and oxygen atoms in total. The van der Waals surface area contributed by atoms with E-state index in [0.717, 1.165) is 28.1 Å². The normalized spacial score (nSPS) is 10.4. The number of hydrogen-bond donors (Lipinski definition) is 2. The number of rotatable bonds is 9. The molecule has 0 saturated carbocycles. The molecule has 192 valence electrons. The van der Waals surface area contributed by atoms with E-state index >= 15 is 0 Å². The standard InChI is InChI=1S/C30H26ClFN4OS/c1-38-15-14-29(37)35-26-7-3-5-22(17-26)9-11-24-19-33-20-34-30(24)36-27-13-12-23(28(31)18-27)10-8-21-4-2-6-25(32)16-21/h2-7,12-13,16-20H,8,10,14-15H2,1H3,(H,35,37)(H,33,34,36). The van der Waals surface area contributed by atoms with Gasteiger partial charge in [0.05, 0.1) is 5.56 Å². The van der Waals surface area contributed by atoms with Gasteiger partial charge in [-0.05, 0) is 72.7 Å². The van der Waals surface area contributed by atoms with Crippen LogP contribution in [0.3, 0.4) is 0 Å². The van der Waals surface area contributed by atoms with E-state index in [4.69, 9.17) is 11.6 Å². The van der Waals surface area contributed by atoms with Crippen LogP contribution in [0.1, 0.15) is 28.7 Å². The Morgan fingerprint density at radius 1 is 1.03 bits per heavy atom. The molecule has 38 heavy (non-hydrogen) atoms. The Hall–Kier alpha value is -3.86. The molecule has 1 aromatic heterocycles. The minimum Gasteiger partial charge on any atom is -0.339 e. The number of anilines is 3. The van der Waals surface area contributed by atoms with Crippen molar-refractivity contribution < 1.29 is 9.18 Å². The number of thioether (sulfide) groups is 1. The molecule has 0 aliphatic rings. The van der Waals surface area contributed by atoms with Crippen LogP contribution in [0.2, 0.25) is 5.02 Å². The Morgan fingerprint density at radius 2 is 1.89 bits per heavy atom. The first kappa shape index (κ1) is 27.2. The van der Waals surface area contributed by atoms with Gasteiger partial charge < -0.3 is 10.6 Å². The van der Waals surface area contributed by atoms with Gasteiger partial charge in [0.1, 0.15) is 18.0 Å². The fourth-order valence-electron chi connectivity index (χ4n) is 3.69. The summed E-state index contributed by atoms with van der Waals surface area (Å²) in [5.74, 6) is 7.31. The van der Waals surface area contributed by atoms with Crippen LogP contribution in [0.4, 0.5) is 21.6 Å². The Kier molecular flexibility index (Phi) is 9.74. The third-order valence-corrected chi connectivity index (χ3v) is 6.59. The van der Waals surface area contributed by atoms with Gasteiger partial charge in [0.25, 0.3) is 0 Å². The van der Waals surface area contributed by atoms with E-state index in [2.05, 4.69) is 32.4 Å². The van der Waals surface area contributed by atoms with Crippen LogP contribution in [0.25, 0.3) is 0 Å². The fourth-order valence-corrected chi connectivity index (χ4v) is 4.35. The lowest BCUT2D eigenvalue weighted by Gasteiger charge is -2.10. The second-order valence-electron chi connectivity index (χ2n) is 8.47. The zero-order valence-electron chi connectivity index (χ0n) is 20.8. The van der Waals surface area contributed by atoms with Crippen molar-refractivity contribution in [2.24, 2.45) is 0 Å². The highest BCUT2D eigenvalue weighted by atomic mass is 35.5. The molecule has 4 rings (SSSR count). The fraction of sp³-hybridized carbons (Fsp3) is 0.167. The lowest BCUT2D eigenvalue weighted by atomic mass is 10.0. The van der Waals surface area contributed by atoms with E-state index < -0.39 is 0 Å². The van der Waals surface area contributed by atoms with E-state index in [0.29, 0.717) is 41.4 Å². The predicted octanol–water partition coefficient (Wildman–Crippen LogP) is 6.89. The third-order valence-electron chi connectivity index (χ3n) is 5.62. The van der Waals surface area contributed by atoms with E-state index in [-0.39, 0.29) is 11.7 Å². The number of benzene rings is 3. The second kappa shape index (κ2) is 13.6. The summed E-state index contributed by atoms with van der Waals surface area (Å²) in [5.41, 5.74) is 4.75. The molecule has 0 fully saturated rings. The van der Waals surface area contributed by atoms with Crippen LogP contribution >= 0.6 is 23.4 Å². The molecule has 8 heteroatoms. The van der Waals surface area contributed by atoms with Crippen LogP contribution in [-0.4, -0.2) is 27.9 Å². The van der Waals surface area contributed by atoms with Crippen molar-refractivity contribution in [3.63, 3.8) is 0 Å². The zero-order valence-corrected chi connectivity index (χ0v) is 22.4. The Labute approximate surface area is 231 Å². The number of nitrogens with one attached hydrogen (secondary N) is 2. The van der Waals surface area contributed by atoms with Crippen molar-refractivity contribution in [1.82, 2.24) is 9.97 Å². The van der Waals surface area contributed by atoms with Gasteiger partial charge in [0.2, 0.25) is 5.91 Å². The van der Waals surface area contributed by atoms with Gasteiger partial charge >= 0.3 is 0 Å². The highest BCUT2D eigenvalue weighted by Crippen LogP contribution is 2.25. The van der Waals surface area contributed by atoms with Crippen molar-refractivity contribution in [2.75, 3.05) is 22.6 Å². The van der Waals surface area contributed by atoms with Crippen LogP contribution < -0.4 is 10.6 Å². The van der Waals surface area contributed by atoms with Crippen molar-refractivity contribution in [3.05, 3.63) is 112 Å². The summed E-state index contributed by atoms with van der Waals surface area (Å²) in [6.45, 7) is 0. The number of nitrogens with zero attached hydrogens (tertiary/aromatic N) is 2. The molecule has 0 spiro atoms. The molecule has 0 atom stereocenters. The first-order valence-corrected chi connectivity index (χ1v) is 13.8. The lowest BCUT2D eigenvalue weighted by Crippen LogP contribution is -2.12. The van der Waals surface area contributed by atoms with Crippen LogP contribution in [0, 0.1) is 17.7 Å². The van der Waals surface area contributed by atoms with Gasteiger partial charge in [-0.2, -0.15) is 11.8 Å². The SMILES string of the molecule is CSCCC(=O)Nc1cccc(C#Cc2cncnc2Nc2ccc(CCc3cccc(F)c3)c(Cl)c2)c1. The molecule has 1 amide bonds. The summed E-state index contributed by atoms with van der Waals surface area (Å²) in [6.07, 6.45) is 6.92. The number of carbonyl (C=O) groups is 1. The maximum atomic E-state index is 13.4. The number of carbonyl (C=O) groups excluding carboxylic acids is 1. The molecule has 0 bridgehead atoms. The average molecular weight is 545 g/mol. The highest BCUT2D eigenvalue weighted by molar-refractivity contribution is 7.98. The molecule has 4 aromatic rings. The number of halogens is 2. The van der Waals surface area contributed by atoms with Crippen molar-refractivity contribution in [1.29, 1.82) is 0 Å². The molecule has 0 radical (unpaired) electrons. The van der Waals surface area contributed by atoms with Crippen LogP contribution in [0.15, 0.2) is 79.3 Å². The molecule has 0 aliphatic heterocycles. The van der Waals surface area contributed by atoms with E-state index in [1.54, 1.807) is 30.1 Å². The molecule has 2 N–H and O–H groups in total. The number of amides is 1. The summed E-state index contributed by atoms with van der Waals surface area (Å²) < 4.78 is 13.4. The first-order valence-electron chi connectivity index (χ1n) is 12.0. The summed E-state index contributed by atoms with van der Waals surface area (Å²) in [5, 5.41) is 6.79. The lowest BCUT2D eigenvalue weighted by molar-refractivity contribution is -0.115. The van der Waals surface area contributed by atoms with Crippen LogP contribution in [-0.2, 0) is 17.6 Å². The summed E-state index contributed by atoms with van der Waals surface area (Å²) in [7, 11) is 0. The number of aryl methyl sites for hydroxylation is 2. The van der Waals surface area contributed by atoms with Crippen molar-refractivity contribution in [3.8, 4) is 11.8 Å². The molecule has 0 unspecified atom stereocenters. The van der Waals surface area contributed by atoms with Gasteiger partial charge in [-0.3, -0.25) is 4.79 Å². The van der Waals surface area contributed by atoms with Crippen molar-refractivity contribution >= 4 is 46.5 Å². The molecule has 1 heterocycles. The van der Waals surface area contributed by atoms with Gasteiger partial charge in [-0.1, -0.05) is 47.7 Å². The topological polar surface area (TPSA) is 66.9 Å². The summed E-state index contributed by atoms with van der Waals surface area (Å²) in [4.78, 5) is 20.5. The smallest absolute Gasteiger partial charge is 0.225 e. The monoisotopic (exact) mass is 544 g/mol. The molecule has 3 aromatic carbocycles. The molecule has 0 aliphatic carbocycles. The average Bonchev–Trinajstić information content (AvgIpc) is 2.91. The Balaban J connectivity index is 1.44. The van der Waals surface area contributed by atoms with E-state index in [9.17, 15) is 9.18 Å².